The van der Waals surface area contributed by atoms with Crippen LogP contribution in [0.5, 0.6) is 0 Å². The molecule has 61 heavy (non-hydrogen) atoms. The van der Waals surface area contributed by atoms with Gasteiger partial charge in [0.2, 0.25) is 5.91 Å². The number of rotatable bonds is 45. The first kappa shape index (κ1) is 58.3. The first-order valence-corrected chi connectivity index (χ1v) is 25.7. The highest BCUT2D eigenvalue weighted by Gasteiger charge is 2.24. The van der Waals surface area contributed by atoms with Gasteiger partial charge in [-0.05, 0) is 64.2 Å². The molecular weight excluding hydrogens is 755 g/mol. The van der Waals surface area contributed by atoms with Crippen LogP contribution in [-0.4, -0.2) is 46.9 Å². The minimum absolute atomic E-state index is 0.0412. The Morgan fingerprint density at radius 1 is 0.492 bits per heavy atom. The maximum absolute atomic E-state index is 13.2. The van der Waals surface area contributed by atoms with E-state index in [1.54, 1.807) is 0 Å². The molecule has 0 aromatic carbocycles. The zero-order valence-corrected chi connectivity index (χ0v) is 40.0. The average molecular weight is 852 g/mol. The number of aliphatic hydroxyl groups is 2. The highest BCUT2D eigenvalue weighted by atomic mass is 16.5. The van der Waals surface area contributed by atoms with Gasteiger partial charge in [0, 0.05) is 6.42 Å². The zero-order valence-electron chi connectivity index (χ0n) is 40.0. The summed E-state index contributed by atoms with van der Waals surface area (Å²) in [5.74, 6) is -0.570. The molecule has 1 amide bonds. The van der Waals surface area contributed by atoms with Crippen molar-refractivity contribution in [2.45, 2.75) is 257 Å². The van der Waals surface area contributed by atoms with E-state index in [2.05, 4.69) is 44.3 Å². The third-order valence-corrected chi connectivity index (χ3v) is 11.4. The van der Waals surface area contributed by atoms with Gasteiger partial charge in [-0.3, -0.25) is 9.59 Å². The maximum atomic E-state index is 13.2. The predicted octanol–water partition coefficient (Wildman–Crippen LogP) is 15.4. The van der Waals surface area contributed by atoms with E-state index >= 15 is 0 Å². The van der Waals surface area contributed by atoms with Crippen LogP contribution in [0.15, 0.2) is 72.9 Å². The molecule has 0 bridgehead atoms. The van der Waals surface area contributed by atoms with Gasteiger partial charge in [0.25, 0.3) is 0 Å². The fourth-order valence-electron chi connectivity index (χ4n) is 7.51. The number of hydrogen-bond acceptors (Lipinski definition) is 5. The van der Waals surface area contributed by atoms with Crippen LogP contribution in [0, 0.1) is 0 Å². The van der Waals surface area contributed by atoms with E-state index in [0.717, 1.165) is 57.8 Å². The molecule has 0 aliphatic heterocycles. The van der Waals surface area contributed by atoms with Crippen molar-refractivity contribution < 1.29 is 24.5 Å². The van der Waals surface area contributed by atoms with Gasteiger partial charge >= 0.3 is 5.97 Å². The zero-order chi connectivity index (χ0) is 44.5. The lowest BCUT2D eigenvalue weighted by Gasteiger charge is -2.24. The lowest BCUT2D eigenvalue weighted by atomic mass is 10.0. The number of carbonyl (C=O) groups excluding carboxylic acids is 2. The van der Waals surface area contributed by atoms with E-state index in [9.17, 15) is 19.8 Å². The number of allylic oxidation sites excluding steroid dienone is 12. The summed E-state index contributed by atoms with van der Waals surface area (Å²) in [6.07, 6.45) is 61.1. The maximum Gasteiger partial charge on any atom is 0.306 e. The first-order chi connectivity index (χ1) is 30.0. The minimum atomic E-state index is -0.804. The van der Waals surface area contributed by atoms with Crippen LogP contribution in [0.25, 0.3) is 0 Å². The Morgan fingerprint density at radius 3 is 1.38 bits per heavy atom. The molecule has 3 atom stereocenters. The molecule has 0 aromatic rings. The van der Waals surface area contributed by atoms with Crippen molar-refractivity contribution >= 4 is 11.9 Å². The summed E-state index contributed by atoms with van der Waals surface area (Å²) in [6.45, 7) is 6.32. The van der Waals surface area contributed by atoms with Crippen molar-refractivity contribution in [3.63, 3.8) is 0 Å². The molecule has 0 aliphatic carbocycles. The Morgan fingerprint density at radius 2 is 0.902 bits per heavy atom. The van der Waals surface area contributed by atoms with Crippen LogP contribution in [0.4, 0.5) is 0 Å². The highest BCUT2D eigenvalue weighted by molar-refractivity contribution is 5.77. The van der Waals surface area contributed by atoms with Crippen LogP contribution in [0.3, 0.4) is 0 Å². The molecule has 0 fully saturated rings. The molecule has 0 saturated heterocycles. The van der Waals surface area contributed by atoms with Crippen LogP contribution in [-0.2, 0) is 14.3 Å². The Kier molecular flexibility index (Phi) is 46.2. The lowest BCUT2D eigenvalue weighted by molar-refractivity contribution is -0.151. The fraction of sp³-hybridized carbons (Fsp3) is 0.745. The van der Waals surface area contributed by atoms with Gasteiger partial charge in [0.1, 0.15) is 6.10 Å². The van der Waals surface area contributed by atoms with Gasteiger partial charge in [0.15, 0.2) is 0 Å². The predicted molar refractivity (Wildman–Crippen MR) is 264 cm³/mol. The molecule has 6 nitrogen and oxygen atoms in total. The number of esters is 1. The summed E-state index contributed by atoms with van der Waals surface area (Å²) in [5.41, 5.74) is 0. The molecule has 0 saturated carbocycles. The van der Waals surface area contributed by atoms with Crippen molar-refractivity contribution in [2.24, 2.45) is 0 Å². The largest absolute Gasteiger partial charge is 0.462 e. The molecule has 0 radical (unpaired) electrons. The van der Waals surface area contributed by atoms with Crippen molar-refractivity contribution in [3.05, 3.63) is 72.9 Å². The fourth-order valence-corrected chi connectivity index (χ4v) is 7.51. The molecule has 6 heteroatoms. The quantitative estimate of drug-likeness (QED) is 0.0245. The number of ether oxygens (including phenoxy) is 1. The van der Waals surface area contributed by atoms with Crippen molar-refractivity contribution in [3.8, 4) is 0 Å². The Balaban J connectivity index is 4.69. The van der Waals surface area contributed by atoms with Gasteiger partial charge in [-0.25, -0.2) is 0 Å². The first-order valence-electron chi connectivity index (χ1n) is 25.7. The Bertz CT molecular complexity index is 1140. The molecule has 3 N–H and O–H groups in total. The standard InChI is InChI=1S/C55H97NO5/c1-4-7-10-13-16-19-22-25-27-29-31-34-37-40-43-46-51(61-55(60)48-45-42-39-36-33-28-24-21-18-15-12-9-6-3)49-54(59)56-52(50-57)53(58)47-44-41-38-35-32-30-26-23-20-17-14-11-8-5-2/h9,12,15,18,21,24-25,27-28,33,36,39,51-53,57-58H,4-8,10-11,13-14,16-17,19-20,22-23,26,29-32,34-35,37-38,40-50H2,1-3H3,(H,56,59)/b12-9+,18-15+,24-21-,27-25+,33-28-,39-36+. The summed E-state index contributed by atoms with van der Waals surface area (Å²) in [7, 11) is 0. The van der Waals surface area contributed by atoms with E-state index in [1.165, 1.54) is 128 Å². The van der Waals surface area contributed by atoms with Crippen LogP contribution >= 0.6 is 0 Å². The van der Waals surface area contributed by atoms with Crippen LogP contribution in [0.1, 0.15) is 239 Å². The third-order valence-electron chi connectivity index (χ3n) is 11.4. The number of nitrogens with one attached hydrogen (secondary N) is 1. The topological polar surface area (TPSA) is 95.9 Å². The number of aliphatic hydroxyl groups excluding tert-OH is 2. The Labute approximate surface area is 377 Å². The van der Waals surface area contributed by atoms with E-state index in [4.69, 9.17) is 4.74 Å². The van der Waals surface area contributed by atoms with Crippen molar-refractivity contribution in [2.75, 3.05) is 6.61 Å². The lowest BCUT2D eigenvalue weighted by Crippen LogP contribution is -2.46. The van der Waals surface area contributed by atoms with E-state index < -0.39 is 18.2 Å². The highest BCUT2D eigenvalue weighted by Crippen LogP contribution is 2.17. The van der Waals surface area contributed by atoms with E-state index in [0.29, 0.717) is 25.7 Å². The second-order valence-electron chi connectivity index (χ2n) is 17.3. The van der Waals surface area contributed by atoms with Gasteiger partial charge in [-0.2, -0.15) is 0 Å². The van der Waals surface area contributed by atoms with E-state index in [1.807, 2.05) is 54.7 Å². The number of unbranched alkanes of at least 4 members (excludes halogenated alkanes) is 25. The van der Waals surface area contributed by atoms with Gasteiger partial charge in [-0.15, -0.1) is 0 Å². The number of amides is 1. The smallest absolute Gasteiger partial charge is 0.306 e. The van der Waals surface area contributed by atoms with Crippen LogP contribution < -0.4 is 5.32 Å². The second kappa shape index (κ2) is 48.3. The molecule has 0 aliphatic rings. The van der Waals surface area contributed by atoms with Gasteiger partial charge < -0.3 is 20.3 Å². The monoisotopic (exact) mass is 852 g/mol. The SMILES string of the molecule is CC/C=C/C=C/C=C\C=C/C=C/CCCC(=O)OC(CCCCCCC/C=C/CCCCCCCC)CC(=O)NC(CO)C(O)CCCCCCCCCCCCCCCC. The summed E-state index contributed by atoms with van der Waals surface area (Å²) in [4.78, 5) is 26.1. The van der Waals surface area contributed by atoms with E-state index in [-0.39, 0.29) is 24.9 Å². The van der Waals surface area contributed by atoms with Crippen molar-refractivity contribution in [1.82, 2.24) is 5.32 Å². The Hall–Kier alpha value is -2.70. The molecule has 0 rings (SSSR count). The molecule has 3 unspecified atom stereocenters. The summed E-state index contributed by atoms with van der Waals surface area (Å²) >= 11 is 0. The average Bonchev–Trinajstić information content (AvgIpc) is 3.25. The third kappa shape index (κ3) is 43.7. The molecule has 352 valence electrons. The number of hydrogen-bond donors (Lipinski definition) is 3. The van der Waals surface area contributed by atoms with Gasteiger partial charge in [-0.1, -0.05) is 235 Å². The number of carbonyl (C=O) groups is 2. The summed E-state index contributed by atoms with van der Waals surface area (Å²) in [6, 6.07) is -0.721. The summed E-state index contributed by atoms with van der Waals surface area (Å²) in [5, 5.41) is 23.8. The summed E-state index contributed by atoms with van der Waals surface area (Å²) < 4.78 is 5.89. The normalized spacial score (nSPS) is 13.9. The molecule has 0 aromatic heterocycles. The van der Waals surface area contributed by atoms with Gasteiger partial charge in [0.05, 0.1) is 25.2 Å². The molecule has 0 spiro atoms. The minimum Gasteiger partial charge on any atom is -0.462 e. The van der Waals surface area contributed by atoms with Crippen molar-refractivity contribution in [1.29, 1.82) is 0 Å². The molecule has 0 heterocycles. The van der Waals surface area contributed by atoms with Crippen LogP contribution in [0.2, 0.25) is 0 Å². The second-order valence-corrected chi connectivity index (χ2v) is 17.3. The molecular formula is C55H97NO5.